The van der Waals surface area contributed by atoms with E-state index < -0.39 is 0 Å². The van der Waals surface area contributed by atoms with Gasteiger partial charge in [-0.15, -0.1) is 10.2 Å². The Labute approximate surface area is 145 Å². The van der Waals surface area contributed by atoms with Gasteiger partial charge in [0, 0.05) is 17.7 Å². The van der Waals surface area contributed by atoms with Gasteiger partial charge in [0.05, 0.1) is 7.11 Å². The van der Waals surface area contributed by atoms with Gasteiger partial charge in [0.2, 0.25) is 11.7 Å². The summed E-state index contributed by atoms with van der Waals surface area (Å²) in [5.74, 6) is 1.32. The van der Waals surface area contributed by atoms with Crippen molar-refractivity contribution in [2.45, 2.75) is 19.3 Å². The van der Waals surface area contributed by atoms with Crippen LogP contribution in [0.4, 0.5) is 5.69 Å². The summed E-state index contributed by atoms with van der Waals surface area (Å²) < 4.78 is 5.36. The number of para-hydroxylation sites is 1. The molecule has 3 aromatic rings. The molecule has 0 aliphatic carbocycles. The van der Waals surface area contributed by atoms with E-state index in [2.05, 4.69) is 25.9 Å². The van der Waals surface area contributed by atoms with Crippen molar-refractivity contribution in [3.63, 3.8) is 0 Å². The molecule has 0 saturated heterocycles. The smallest absolute Gasteiger partial charge is 0.224 e. The number of benzene rings is 2. The number of methoxy groups -OCH3 is 1. The number of carbonyl (C=O) groups excluding carboxylic acids is 1. The third-order valence-electron chi connectivity index (χ3n) is 3.93. The first kappa shape index (κ1) is 16.6. The topological polar surface area (TPSA) is 92.8 Å². The largest absolute Gasteiger partial charge is 0.496 e. The molecule has 1 heterocycles. The van der Waals surface area contributed by atoms with Gasteiger partial charge >= 0.3 is 0 Å². The summed E-state index contributed by atoms with van der Waals surface area (Å²) in [4.78, 5) is 12.3. The lowest BCUT2D eigenvalue weighted by atomic mass is 9.96. The number of aromatic amines is 1. The van der Waals surface area contributed by atoms with Gasteiger partial charge in [-0.1, -0.05) is 25.1 Å². The molecular formula is C18H19N5O2. The van der Waals surface area contributed by atoms with E-state index >= 15 is 0 Å². The molecule has 3 rings (SSSR count). The second kappa shape index (κ2) is 7.57. The summed E-state index contributed by atoms with van der Waals surface area (Å²) in [5.41, 5.74) is 2.58. The van der Waals surface area contributed by atoms with Crippen molar-refractivity contribution in [2.75, 3.05) is 12.4 Å². The molecule has 0 spiro atoms. The summed E-state index contributed by atoms with van der Waals surface area (Å²) in [6.07, 6.45) is 0.368. The first-order chi connectivity index (χ1) is 12.2. The SMILES string of the molecule is COc1ccccc1C(C)CC(=O)Nc1ccc(-c2nn[nH]n2)cc1. The van der Waals surface area contributed by atoms with Crippen LogP contribution in [0.2, 0.25) is 0 Å². The van der Waals surface area contributed by atoms with E-state index in [1.165, 1.54) is 0 Å². The van der Waals surface area contributed by atoms with Gasteiger partial charge in [-0.25, -0.2) is 0 Å². The molecule has 7 nitrogen and oxygen atoms in total. The molecule has 2 N–H and O–H groups in total. The third kappa shape index (κ3) is 4.00. The molecule has 1 unspecified atom stereocenters. The number of tetrazole rings is 1. The van der Waals surface area contributed by atoms with Crippen LogP contribution in [0, 0.1) is 0 Å². The minimum absolute atomic E-state index is 0.0503. The fourth-order valence-corrected chi connectivity index (χ4v) is 2.66. The quantitative estimate of drug-likeness (QED) is 0.721. The standard InChI is InChI=1S/C18H19N5O2/c1-12(15-5-3-4-6-16(15)25-2)11-17(24)19-14-9-7-13(8-10-14)18-20-22-23-21-18/h3-10,12H,11H2,1-2H3,(H,19,24)(H,20,21,22,23). The molecule has 25 heavy (non-hydrogen) atoms. The Balaban J connectivity index is 1.62. The Bertz CT molecular complexity index is 831. The van der Waals surface area contributed by atoms with Gasteiger partial charge in [0.15, 0.2) is 0 Å². The molecule has 0 aliphatic rings. The third-order valence-corrected chi connectivity index (χ3v) is 3.93. The lowest BCUT2D eigenvalue weighted by Crippen LogP contribution is -2.14. The second-order valence-electron chi connectivity index (χ2n) is 5.71. The predicted octanol–water partition coefficient (Wildman–Crippen LogP) is 3.01. The molecule has 128 valence electrons. The number of hydrogen-bond acceptors (Lipinski definition) is 5. The van der Waals surface area contributed by atoms with E-state index in [4.69, 9.17) is 4.74 Å². The van der Waals surface area contributed by atoms with Gasteiger partial charge in [-0.05, 0) is 47.0 Å². The summed E-state index contributed by atoms with van der Waals surface area (Å²) in [6.45, 7) is 2.01. The van der Waals surface area contributed by atoms with Crippen molar-refractivity contribution >= 4 is 11.6 Å². The van der Waals surface area contributed by atoms with Gasteiger partial charge in [-0.3, -0.25) is 4.79 Å². The molecule has 0 saturated carbocycles. The van der Waals surface area contributed by atoms with E-state index in [0.29, 0.717) is 12.2 Å². The van der Waals surface area contributed by atoms with Crippen molar-refractivity contribution in [1.29, 1.82) is 0 Å². The first-order valence-corrected chi connectivity index (χ1v) is 7.94. The lowest BCUT2D eigenvalue weighted by Gasteiger charge is -2.15. The van der Waals surface area contributed by atoms with Gasteiger partial charge < -0.3 is 10.1 Å². The van der Waals surface area contributed by atoms with Crippen molar-refractivity contribution in [3.8, 4) is 17.1 Å². The normalized spacial score (nSPS) is 11.8. The maximum Gasteiger partial charge on any atom is 0.224 e. The molecule has 0 aliphatic heterocycles. The Kier molecular flexibility index (Phi) is 5.03. The highest BCUT2D eigenvalue weighted by Gasteiger charge is 2.15. The zero-order valence-electron chi connectivity index (χ0n) is 14.1. The van der Waals surface area contributed by atoms with Crippen LogP contribution in [0.3, 0.4) is 0 Å². The number of carbonyl (C=O) groups is 1. The average molecular weight is 337 g/mol. The molecule has 0 radical (unpaired) electrons. The average Bonchev–Trinajstić information content (AvgIpc) is 3.17. The van der Waals surface area contributed by atoms with Crippen molar-refractivity contribution in [3.05, 3.63) is 54.1 Å². The van der Waals surface area contributed by atoms with Crippen LogP contribution in [0.5, 0.6) is 5.75 Å². The molecular weight excluding hydrogens is 318 g/mol. The van der Waals surface area contributed by atoms with E-state index in [0.717, 1.165) is 22.6 Å². The number of anilines is 1. The zero-order chi connectivity index (χ0) is 17.6. The molecule has 2 aromatic carbocycles. The van der Waals surface area contributed by atoms with Crippen molar-refractivity contribution in [1.82, 2.24) is 20.6 Å². The van der Waals surface area contributed by atoms with Gasteiger partial charge in [0.1, 0.15) is 5.75 Å². The lowest BCUT2D eigenvalue weighted by molar-refractivity contribution is -0.116. The van der Waals surface area contributed by atoms with Crippen LogP contribution in [0.1, 0.15) is 24.8 Å². The number of amides is 1. The first-order valence-electron chi connectivity index (χ1n) is 7.94. The summed E-state index contributed by atoms with van der Waals surface area (Å²) in [6, 6.07) is 15.1. The minimum atomic E-state index is -0.0503. The molecule has 0 bridgehead atoms. The highest BCUT2D eigenvalue weighted by atomic mass is 16.5. The Morgan fingerprint density at radius 1 is 1.20 bits per heavy atom. The van der Waals surface area contributed by atoms with Crippen molar-refractivity contribution < 1.29 is 9.53 Å². The van der Waals surface area contributed by atoms with Crippen molar-refractivity contribution in [2.24, 2.45) is 0 Å². The van der Waals surface area contributed by atoms with E-state index in [-0.39, 0.29) is 11.8 Å². The minimum Gasteiger partial charge on any atom is -0.496 e. The molecule has 1 aromatic heterocycles. The number of ether oxygens (including phenoxy) is 1. The van der Waals surface area contributed by atoms with Gasteiger partial charge in [0.25, 0.3) is 0 Å². The number of hydrogen-bond donors (Lipinski definition) is 2. The van der Waals surface area contributed by atoms with Crippen LogP contribution in [0.25, 0.3) is 11.4 Å². The molecule has 1 amide bonds. The molecule has 7 heteroatoms. The fraction of sp³-hybridized carbons (Fsp3) is 0.222. The maximum atomic E-state index is 12.3. The number of nitrogens with zero attached hydrogens (tertiary/aromatic N) is 3. The second-order valence-corrected chi connectivity index (χ2v) is 5.71. The van der Waals surface area contributed by atoms with Crippen LogP contribution >= 0.6 is 0 Å². The van der Waals surface area contributed by atoms with Crippen LogP contribution in [-0.4, -0.2) is 33.6 Å². The monoisotopic (exact) mass is 337 g/mol. The fourth-order valence-electron chi connectivity index (χ4n) is 2.66. The molecule has 0 fully saturated rings. The summed E-state index contributed by atoms with van der Waals surface area (Å²) >= 11 is 0. The number of aromatic nitrogens is 4. The van der Waals surface area contributed by atoms with E-state index in [1.54, 1.807) is 7.11 Å². The number of rotatable bonds is 6. The highest BCUT2D eigenvalue weighted by molar-refractivity contribution is 5.91. The van der Waals surface area contributed by atoms with Crippen LogP contribution in [0.15, 0.2) is 48.5 Å². The van der Waals surface area contributed by atoms with E-state index in [9.17, 15) is 4.79 Å². The Morgan fingerprint density at radius 3 is 2.64 bits per heavy atom. The predicted molar refractivity (Wildman–Crippen MR) is 94.3 cm³/mol. The highest BCUT2D eigenvalue weighted by Crippen LogP contribution is 2.28. The maximum absolute atomic E-state index is 12.3. The number of nitrogens with one attached hydrogen (secondary N) is 2. The van der Waals surface area contributed by atoms with Gasteiger partial charge in [-0.2, -0.15) is 5.21 Å². The van der Waals surface area contributed by atoms with E-state index in [1.807, 2.05) is 55.5 Å². The molecule has 1 atom stereocenters. The summed E-state index contributed by atoms with van der Waals surface area (Å²) in [5, 5.41) is 16.7. The van der Waals surface area contributed by atoms with Crippen LogP contribution in [-0.2, 0) is 4.79 Å². The Hall–Kier alpha value is -3.22. The Morgan fingerprint density at radius 2 is 1.96 bits per heavy atom. The summed E-state index contributed by atoms with van der Waals surface area (Å²) in [7, 11) is 1.64. The number of H-pyrrole nitrogens is 1. The zero-order valence-corrected chi connectivity index (χ0v) is 14.1. The van der Waals surface area contributed by atoms with Crippen LogP contribution < -0.4 is 10.1 Å².